The molecule has 2 saturated heterocycles. The number of pyridine rings is 2. The Balaban J connectivity index is 1.08. The third-order valence-corrected chi connectivity index (χ3v) is 9.40. The Kier molecular flexibility index (Phi) is 7.93. The number of fused-ring (bicyclic) bond motifs is 2. The first-order chi connectivity index (χ1) is 22.7. The molecular weight excluding hydrogens is 577 g/mol. The number of aromatic nitrogens is 5. The normalized spacial score (nSPS) is 16.1. The third kappa shape index (κ3) is 6.00. The number of halogens is 1. The second kappa shape index (κ2) is 12.7. The van der Waals surface area contributed by atoms with Gasteiger partial charge in [-0.2, -0.15) is 5.10 Å². The molecule has 6 aromatic rings. The lowest BCUT2D eigenvalue weighted by atomic mass is 10.0. The molecule has 0 saturated carbocycles. The highest BCUT2D eigenvalue weighted by molar-refractivity contribution is 6.01. The van der Waals surface area contributed by atoms with Crippen molar-refractivity contribution in [3.63, 3.8) is 0 Å². The third-order valence-electron chi connectivity index (χ3n) is 9.40. The molecule has 234 valence electrons. The van der Waals surface area contributed by atoms with E-state index >= 15 is 0 Å². The van der Waals surface area contributed by atoms with E-state index in [1.807, 2.05) is 18.5 Å². The molecule has 0 amide bonds. The summed E-state index contributed by atoms with van der Waals surface area (Å²) in [6.45, 7) is 6.85. The number of likely N-dealkylation sites (tertiary alicyclic amines) is 2. The van der Waals surface area contributed by atoms with Crippen molar-refractivity contribution in [1.29, 1.82) is 0 Å². The zero-order valence-electron chi connectivity index (χ0n) is 25.9. The van der Waals surface area contributed by atoms with E-state index in [2.05, 4.69) is 60.2 Å². The van der Waals surface area contributed by atoms with Crippen LogP contribution in [-0.2, 0) is 6.54 Å². The van der Waals surface area contributed by atoms with E-state index in [-0.39, 0.29) is 5.82 Å². The number of benzene rings is 2. The minimum Gasteiger partial charge on any atom is -0.492 e. The van der Waals surface area contributed by atoms with E-state index in [4.69, 9.17) is 9.84 Å². The maximum Gasteiger partial charge on any atom is 0.127 e. The summed E-state index contributed by atoms with van der Waals surface area (Å²) in [4.78, 5) is 17.5. The van der Waals surface area contributed by atoms with Crippen LogP contribution < -0.4 is 4.74 Å². The monoisotopic (exact) mass is 615 g/mol. The number of hydrogen-bond donors (Lipinski definition) is 2. The quantitative estimate of drug-likeness (QED) is 0.176. The van der Waals surface area contributed by atoms with Gasteiger partial charge >= 0.3 is 0 Å². The van der Waals surface area contributed by atoms with E-state index in [9.17, 15) is 4.39 Å². The van der Waals surface area contributed by atoms with Crippen molar-refractivity contribution in [3.8, 4) is 39.4 Å². The fourth-order valence-corrected chi connectivity index (χ4v) is 7.02. The van der Waals surface area contributed by atoms with Crippen LogP contribution in [0.25, 0.3) is 55.4 Å². The summed E-state index contributed by atoms with van der Waals surface area (Å²) in [5.74, 6) is 0.198. The average Bonchev–Trinajstić information content (AvgIpc) is 3.85. The van der Waals surface area contributed by atoms with Crippen LogP contribution in [0, 0.1) is 5.82 Å². The number of piperidine rings is 1. The van der Waals surface area contributed by atoms with Gasteiger partial charge in [0.2, 0.25) is 0 Å². The number of nitrogens with zero attached hydrogens (tertiary/aromatic N) is 5. The van der Waals surface area contributed by atoms with Crippen molar-refractivity contribution >= 4 is 21.8 Å². The van der Waals surface area contributed by atoms with Gasteiger partial charge in [-0.15, -0.1) is 0 Å². The molecule has 0 spiro atoms. The van der Waals surface area contributed by atoms with Gasteiger partial charge < -0.3 is 9.72 Å². The largest absolute Gasteiger partial charge is 0.492 e. The Morgan fingerprint density at radius 1 is 0.717 bits per heavy atom. The number of rotatable bonds is 9. The summed E-state index contributed by atoms with van der Waals surface area (Å²) in [6.07, 6.45) is 13.9. The van der Waals surface area contributed by atoms with Crippen molar-refractivity contribution in [2.75, 3.05) is 39.3 Å². The predicted octanol–water partition coefficient (Wildman–Crippen LogP) is 7.43. The molecule has 2 fully saturated rings. The van der Waals surface area contributed by atoms with Gasteiger partial charge in [0.15, 0.2) is 0 Å². The van der Waals surface area contributed by atoms with Crippen molar-refractivity contribution in [2.24, 2.45) is 0 Å². The Morgan fingerprint density at radius 2 is 1.54 bits per heavy atom. The molecule has 46 heavy (non-hydrogen) atoms. The highest BCUT2D eigenvalue weighted by Gasteiger charge is 2.17. The lowest BCUT2D eigenvalue weighted by molar-refractivity contribution is 0.220. The van der Waals surface area contributed by atoms with Gasteiger partial charge in [-0.1, -0.05) is 12.5 Å². The number of H-pyrrole nitrogens is 2. The summed E-state index contributed by atoms with van der Waals surface area (Å²) in [7, 11) is 0. The summed E-state index contributed by atoms with van der Waals surface area (Å²) >= 11 is 0. The predicted molar refractivity (Wildman–Crippen MR) is 180 cm³/mol. The first kappa shape index (κ1) is 28.8. The molecule has 2 aromatic carbocycles. The summed E-state index contributed by atoms with van der Waals surface area (Å²) < 4.78 is 20.8. The van der Waals surface area contributed by atoms with E-state index in [1.165, 1.54) is 43.7 Å². The molecular formula is C37H38FN7O. The Labute approximate surface area is 267 Å². The summed E-state index contributed by atoms with van der Waals surface area (Å²) in [6, 6.07) is 15.6. The molecule has 8 nitrogen and oxygen atoms in total. The number of aromatic amines is 2. The fraction of sp³-hybridized carbons (Fsp3) is 0.324. The molecule has 8 rings (SSSR count). The Hall–Kier alpha value is -4.60. The van der Waals surface area contributed by atoms with Gasteiger partial charge in [0.1, 0.15) is 23.9 Å². The van der Waals surface area contributed by atoms with E-state index < -0.39 is 0 Å². The van der Waals surface area contributed by atoms with Gasteiger partial charge in [-0.25, -0.2) is 4.39 Å². The first-order valence-electron chi connectivity index (χ1n) is 16.4. The zero-order chi connectivity index (χ0) is 30.9. The molecule has 0 radical (unpaired) electrons. The van der Waals surface area contributed by atoms with Crippen LogP contribution >= 0.6 is 0 Å². The topological polar surface area (TPSA) is 86.0 Å². The average molecular weight is 616 g/mol. The van der Waals surface area contributed by atoms with Crippen LogP contribution in [0.3, 0.4) is 0 Å². The van der Waals surface area contributed by atoms with Gasteiger partial charge in [-0.05, 0) is 105 Å². The van der Waals surface area contributed by atoms with Gasteiger partial charge in [0.05, 0.1) is 22.9 Å². The lowest BCUT2D eigenvalue weighted by Gasteiger charge is -2.26. The molecule has 4 aromatic heterocycles. The van der Waals surface area contributed by atoms with Crippen LogP contribution in [-0.4, -0.2) is 74.3 Å². The highest BCUT2D eigenvalue weighted by atomic mass is 19.1. The van der Waals surface area contributed by atoms with Crippen LogP contribution in [0.1, 0.15) is 37.7 Å². The maximum absolute atomic E-state index is 14.8. The smallest absolute Gasteiger partial charge is 0.127 e. The molecule has 2 aliphatic heterocycles. The van der Waals surface area contributed by atoms with Crippen molar-refractivity contribution < 1.29 is 9.13 Å². The minimum absolute atomic E-state index is 0.332. The van der Waals surface area contributed by atoms with Gasteiger partial charge in [-0.3, -0.25) is 24.9 Å². The van der Waals surface area contributed by atoms with E-state index in [0.717, 1.165) is 94.7 Å². The number of ether oxygens (including phenoxy) is 1. The van der Waals surface area contributed by atoms with Crippen LogP contribution in [0.2, 0.25) is 0 Å². The number of hydrogen-bond acceptors (Lipinski definition) is 6. The van der Waals surface area contributed by atoms with Crippen LogP contribution in [0.15, 0.2) is 73.3 Å². The fourth-order valence-electron chi connectivity index (χ4n) is 7.02. The second-order valence-corrected chi connectivity index (χ2v) is 12.7. The van der Waals surface area contributed by atoms with E-state index in [1.54, 1.807) is 18.5 Å². The SMILES string of the molecule is Fc1cc(OCCN2CCCC2)cc(-c2cncc3[nH]c(-c4n[nH]c5ccc(-c6cncc(CN7CCCCC7)c6)cc45)cc23)c1. The number of nitrogens with one attached hydrogen (secondary N) is 2. The zero-order valence-corrected chi connectivity index (χ0v) is 25.9. The summed E-state index contributed by atoms with van der Waals surface area (Å²) in [5, 5.41) is 9.86. The Bertz CT molecular complexity index is 1990. The van der Waals surface area contributed by atoms with Crippen molar-refractivity contribution in [3.05, 3.63) is 84.7 Å². The van der Waals surface area contributed by atoms with Crippen molar-refractivity contribution in [2.45, 2.75) is 38.6 Å². The molecule has 0 bridgehead atoms. The van der Waals surface area contributed by atoms with Crippen LogP contribution in [0.4, 0.5) is 4.39 Å². The minimum atomic E-state index is -0.332. The van der Waals surface area contributed by atoms with Crippen LogP contribution in [0.5, 0.6) is 5.75 Å². The molecule has 0 atom stereocenters. The Morgan fingerprint density at radius 3 is 2.43 bits per heavy atom. The molecule has 2 N–H and O–H groups in total. The maximum atomic E-state index is 14.8. The molecule has 0 unspecified atom stereocenters. The van der Waals surface area contributed by atoms with Gasteiger partial charge in [0, 0.05) is 59.6 Å². The lowest BCUT2D eigenvalue weighted by Crippen LogP contribution is -2.29. The molecule has 2 aliphatic rings. The standard InChI is InChI=1S/C37H38FN7O/c38-29-15-27(16-30(18-29)46-13-12-44-8-4-5-9-44)33-22-40-23-36-31(33)19-35(41-36)37-32-17-26(6-7-34(32)42-43-37)28-14-25(20-39-21-28)24-45-10-2-1-3-11-45/h6-7,14-23,41H,1-5,8-13,24H2,(H,42,43). The van der Waals surface area contributed by atoms with Crippen molar-refractivity contribution in [1.82, 2.24) is 34.9 Å². The first-order valence-corrected chi connectivity index (χ1v) is 16.4. The summed E-state index contributed by atoms with van der Waals surface area (Å²) in [5.41, 5.74) is 8.48. The van der Waals surface area contributed by atoms with E-state index in [0.29, 0.717) is 12.4 Å². The molecule has 0 aliphatic carbocycles. The molecule has 9 heteroatoms. The van der Waals surface area contributed by atoms with Gasteiger partial charge in [0.25, 0.3) is 0 Å². The second-order valence-electron chi connectivity index (χ2n) is 12.7. The highest BCUT2D eigenvalue weighted by Crippen LogP contribution is 2.36. The molecule has 6 heterocycles.